The summed E-state index contributed by atoms with van der Waals surface area (Å²) in [5.74, 6) is 5.81. The Hall–Kier alpha value is -0.480. The number of hydrogen-bond acceptors (Lipinski definition) is 1. The molecule has 0 radical (unpaired) electrons. The molecule has 0 aliphatic rings. The molecular formula is C7H13N. The van der Waals surface area contributed by atoms with E-state index in [4.69, 9.17) is 5.73 Å². The molecule has 0 amide bonds. The molecule has 0 aromatic heterocycles. The van der Waals surface area contributed by atoms with Crippen LogP contribution in [0.1, 0.15) is 26.2 Å². The molecular weight excluding hydrogens is 98.1 g/mol. The van der Waals surface area contributed by atoms with Crippen LogP contribution in [0.2, 0.25) is 0 Å². The van der Waals surface area contributed by atoms with Crippen molar-refractivity contribution in [2.45, 2.75) is 26.2 Å². The van der Waals surface area contributed by atoms with E-state index >= 15 is 0 Å². The van der Waals surface area contributed by atoms with E-state index in [1.54, 1.807) is 0 Å². The summed E-state index contributed by atoms with van der Waals surface area (Å²) in [5, 5.41) is 0. The smallest absolute Gasteiger partial charge is 0.00890 e. The molecule has 2 N–H and O–H groups in total. The molecule has 0 heterocycles. The van der Waals surface area contributed by atoms with Crippen LogP contribution in [0.15, 0.2) is 0 Å². The van der Waals surface area contributed by atoms with Crippen molar-refractivity contribution in [3.8, 4) is 11.8 Å². The largest absolute Gasteiger partial charge is 0.330 e. The van der Waals surface area contributed by atoms with Gasteiger partial charge in [-0.3, -0.25) is 0 Å². The summed E-state index contributed by atoms with van der Waals surface area (Å²) in [7, 11) is 0. The zero-order chi connectivity index (χ0) is 6.24. The van der Waals surface area contributed by atoms with Gasteiger partial charge in [0.1, 0.15) is 0 Å². The minimum Gasteiger partial charge on any atom is -0.330 e. The monoisotopic (exact) mass is 111 g/mol. The Morgan fingerprint density at radius 1 is 1.38 bits per heavy atom. The van der Waals surface area contributed by atoms with E-state index in [-0.39, 0.29) is 0 Å². The van der Waals surface area contributed by atoms with E-state index in [0.717, 1.165) is 25.8 Å². The molecule has 0 bridgehead atoms. The van der Waals surface area contributed by atoms with Crippen molar-refractivity contribution in [2.24, 2.45) is 5.73 Å². The Bertz CT molecular complexity index is 86.3. The fourth-order valence-corrected chi connectivity index (χ4v) is 0.483. The van der Waals surface area contributed by atoms with Gasteiger partial charge in [-0.2, -0.15) is 0 Å². The predicted octanol–water partition coefficient (Wildman–Crippen LogP) is 1.14. The molecule has 0 unspecified atom stereocenters. The van der Waals surface area contributed by atoms with Gasteiger partial charge in [0, 0.05) is 6.42 Å². The fraction of sp³-hybridized carbons (Fsp3) is 0.714. The Morgan fingerprint density at radius 2 is 2.12 bits per heavy atom. The summed E-state index contributed by atoms with van der Waals surface area (Å²) >= 11 is 0. The van der Waals surface area contributed by atoms with Crippen molar-refractivity contribution >= 4 is 0 Å². The average Bonchev–Trinajstić information content (AvgIpc) is 1.81. The van der Waals surface area contributed by atoms with Crippen LogP contribution in [0.25, 0.3) is 0 Å². The van der Waals surface area contributed by atoms with Gasteiger partial charge in [0.2, 0.25) is 0 Å². The second-order valence-corrected chi connectivity index (χ2v) is 1.67. The molecule has 1 nitrogen and oxygen atoms in total. The summed E-state index contributed by atoms with van der Waals surface area (Å²) < 4.78 is 0. The molecule has 8 heavy (non-hydrogen) atoms. The van der Waals surface area contributed by atoms with Crippen molar-refractivity contribution in [1.29, 1.82) is 0 Å². The lowest BCUT2D eigenvalue weighted by Gasteiger charge is -1.87. The normalized spacial score (nSPS) is 7.75. The maximum Gasteiger partial charge on any atom is 0.00890 e. The zero-order valence-corrected chi connectivity index (χ0v) is 5.41. The number of hydrogen-bond donors (Lipinski definition) is 1. The van der Waals surface area contributed by atoms with Crippen LogP contribution in [0.5, 0.6) is 0 Å². The summed E-state index contributed by atoms with van der Waals surface area (Å²) in [6, 6.07) is 0. The first-order valence-corrected chi connectivity index (χ1v) is 3.01. The van der Waals surface area contributed by atoms with Gasteiger partial charge in [-0.25, -0.2) is 0 Å². The van der Waals surface area contributed by atoms with E-state index in [0.29, 0.717) is 0 Å². The zero-order valence-electron chi connectivity index (χ0n) is 5.41. The second-order valence-electron chi connectivity index (χ2n) is 1.67. The first-order chi connectivity index (χ1) is 3.91. The van der Waals surface area contributed by atoms with Crippen molar-refractivity contribution in [2.75, 3.05) is 6.54 Å². The Morgan fingerprint density at radius 3 is 2.62 bits per heavy atom. The third-order valence-electron chi connectivity index (χ3n) is 0.933. The van der Waals surface area contributed by atoms with Gasteiger partial charge in [-0.15, -0.1) is 11.8 Å². The van der Waals surface area contributed by atoms with Crippen LogP contribution in [0.3, 0.4) is 0 Å². The van der Waals surface area contributed by atoms with E-state index in [9.17, 15) is 0 Å². The van der Waals surface area contributed by atoms with Crippen LogP contribution in [-0.2, 0) is 0 Å². The average molecular weight is 111 g/mol. The van der Waals surface area contributed by atoms with Crippen molar-refractivity contribution in [3.05, 3.63) is 0 Å². The number of rotatable bonds is 3. The number of nitrogens with two attached hydrogens (primary N) is 1. The minimum absolute atomic E-state index is 0.797. The molecule has 0 aromatic rings. The molecule has 0 aliphatic heterocycles. The summed E-state index contributed by atoms with van der Waals surface area (Å²) in [6.07, 6.45) is 3.26. The van der Waals surface area contributed by atoms with E-state index < -0.39 is 0 Å². The minimum atomic E-state index is 0.797. The first-order valence-electron chi connectivity index (χ1n) is 3.01. The molecule has 0 saturated heterocycles. The Balaban J connectivity index is 2.79. The van der Waals surface area contributed by atoms with Crippen LogP contribution in [0.4, 0.5) is 0 Å². The topological polar surface area (TPSA) is 26.0 Å². The van der Waals surface area contributed by atoms with Gasteiger partial charge < -0.3 is 5.73 Å². The van der Waals surface area contributed by atoms with Crippen LogP contribution in [-0.4, -0.2) is 6.54 Å². The van der Waals surface area contributed by atoms with Gasteiger partial charge in [0.25, 0.3) is 0 Å². The molecule has 0 atom stereocenters. The highest BCUT2D eigenvalue weighted by atomic mass is 14.5. The van der Waals surface area contributed by atoms with E-state index in [2.05, 4.69) is 11.8 Å². The summed E-state index contributed by atoms with van der Waals surface area (Å²) in [6.45, 7) is 2.66. The van der Waals surface area contributed by atoms with Gasteiger partial charge in [-0.1, -0.05) is 0 Å². The maximum absolute atomic E-state index is 5.26. The van der Waals surface area contributed by atoms with Gasteiger partial charge in [0.05, 0.1) is 0 Å². The van der Waals surface area contributed by atoms with Crippen molar-refractivity contribution in [1.82, 2.24) is 0 Å². The van der Waals surface area contributed by atoms with Crippen LogP contribution in [0, 0.1) is 11.8 Å². The van der Waals surface area contributed by atoms with Gasteiger partial charge in [-0.05, 0) is 26.3 Å². The Labute approximate surface area is 51.3 Å². The van der Waals surface area contributed by atoms with Crippen LogP contribution >= 0.6 is 0 Å². The SMILES string of the molecule is CC#CCCCCN. The van der Waals surface area contributed by atoms with Gasteiger partial charge >= 0.3 is 0 Å². The lowest BCUT2D eigenvalue weighted by molar-refractivity contribution is 0.767. The first kappa shape index (κ1) is 7.52. The predicted molar refractivity (Wildman–Crippen MR) is 36.4 cm³/mol. The highest BCUT2D eigenvalue weighted by Crippen LogP contribution is 1.89. The highest BCUT2D eigenvalue weighted by Gasteiger charge is 1.78. The lowest BCUT2D eigenvalue weighted by atomic mass is 10.2. The molecule has 0 saturated carbocycles. The molecule has 0 aliphatic carbocycles. The third-order valence-corrected chi connectivity index (χ3v) is 0.933. The number of unbranched alkanes of at least 4 members (excludes halogenated alkanes) is 2. The summed E-state index contributed by atoms with van der Waals surface area (Å²) in [4.78, 5) is 0. The third kappa shape index (κ3) is 5.52. The molecule has 1 heteroatoms. The van der Waals surface area contributed by atoms with E-state index in [1.165, 1.54) is 0 Å². The highest BCUT2D eigenvalue weighted by molar-refractivity contribution is 4.94. The quantitative estimate of drug-likeness (QED) is 0.429. The second kappa shape index (κ2) is 6.52. The standard InChI is InChI=1S/C7H13N/c1-2-3-4-5-6-7-8/h4-8H2,1H3. The molecule has 0 fully saturated rings. The van der Waals surface area contributed by atoms with Crippen molar-refractivity contribution in [3.63, 3.8) is 0 Å². The molecule has 0 spiro atoms. The molecule has 46 valence electrons. The van der Waals surface area contributed by atoms with E-state index in [1.807, 2.05) is 6.92 Å². The Kier molecular flexibility index (Phi) is 6.13. The van der Waals surface area contributed by atoms with Crippen LogP contribution < -0.4 is 5.73 Å². The molecule has 0 aromatic carbocycles. The summed E-state index contributed by atoms with van der Waals surface area (Å²) in [5.41, 5.74) is 5.26. The van der Waals surface area contributed by atoms with Crippen molar-refractivity contribution < 1.29 is 0 Å². The fourth-order valence-electron chi connectivity index (χ4n) is 0.483. The maximum atomic E-state index is 5.26. The lowest BCUT2D eigenvalue weighted by Crippen LogP contribution is -1.96. The molecule has 0 rings (SSSR count). The van der Waals surface area contributed by atoms with Gasteiger partial charge in [0.15, 0.2) is 0 Å².